The molecule has 34 heavy (non-hydrogen) atoms. The first-order valence-corrected chi connectivity index (χ1v) is 11.2. The second-order valence-electron chi connectivity index (χ2n) is 8.43. The van der Waals surface area contributed by atoms with Crippen LogP contribution in [-0.2, 0) is 20.8 Å². The van der Waals surface area contributed by atoms with Crippen LogP contribution in [0.1, 0.15) is 42.7 Å². The van der Waals surface area contributed by atoms with Crippen LogP contribution < -0.4 is 5.32 Å². The molecular formula is C25H27F3N2O4. The first-order chi connectivity index (χ1) is 16.2. The summed E-state index contributed by atoms with van der Waals surface area (Å²) in [4.78, 5) is 38.0. The number of nitrogens with zero attached hydrogens (tertiary/aromatic N) is 1. The van der Waals surface area contributed by atoms with E-state index in [0.29, 0.717) is 37.9 Å². The number of carbonyl (C=O) groups excluding carboxylic acids is 2. The molecule has 1 aliphatic heterocycles. The van der Waals surface area contributed by atoms with Gasteiger partial charge in [-0.15, -0.1) is 0 Å². The summed E-state index contributed by atoms with van der Waals surface area (Å²) in [6, 6.07) is 9.42. The number of hydrogen-bond acceptors (Lipinski definition) is 3. The topological polar surface area (TPSA) is 86.7 Å². The van der Waals surface area contributed by atoms with Crippen LogP contribution in [0.15, 0.2) is 42.5 Å². The number of hydrogen-bond donors (Lipinski definition) is 2. The summed E-state index contributed by atoms with van der Waals surface area (Å²) in [5.41, 5.74) is 1.04. The largest absolute Gasteiger partial charge is 0.481 e. The molecule has 2 amide bonds. The zero-order chi connectivity index (χ0) is 24.7. The van der Waals surface area contributed by atoms with Crippen molar-refractivity contribution in [2.45, 2.75) is 38.0 Å². The number of benzene rings is 2. The summed E-state index contributed by atoms with van der Waals surface area (Å²) in [5, 5.41) is 11.4. The van der Waals surface area contributed by atoms with Gasteiger partial charge in [-0.3, -0.25) is 14.4 Å². The van der Waals surface area contributed by atoms with Crippen LogP contribution in [-0.4, -0.2) is 47.4 Å². The van der Waals surface area contributed by atoms with Crippen molar-refractivity contribution in [3.63, 3.8) is 0 Å². The van der Waals surface area contributed by atoms with Crippen molar-refractivity contribution in [2.24, 2.45) is 5.92 Å². The number of aryl methyl sites for hydroxylation is 1. The van der Waals surface area contributed by atoms with Gasteiger partial charge in [0.1, 0.15) is 5.82 Å². The van der Waals surface area contributed by atoms with Gasteiger partial charge in [0.15, 0.2) is 11.6 Å². The van der Waals surface area contributed by atoms with E-state index in [1.807, 2.05) is 0 Å². The molecule has 2 aromatic rings. The number of carbonyl (C=O) groups is 3. The number of rotatable bonds is 9. The number of aliphatic carboxylic acids is 1. The minimum atomic E-state index is -1.06. The fraction of sp³-hybridized carbons (Fsp3) is 0.400. The van der Waals surface area contributed by atoms with E-state index >= 15 is 0 Å². The molecule has 1 saturated heterocycles. The number of amides is 2. The molecule has 0 unspecified atom stereocenters. The highest BCUT2D eigenvalue weighted by Crippen LogP contribution is 2.34. The van der Waals surface area contributed by atoms with Crippen molar-refractivity contribution in [3.05, 3.63) is 71.0 Å². The highest BCUT2D eigenvalue weighted by atomic mass is 19.2. The van der Waals surface area contributed by atoms with Gasteiger partial charge in [0.25, 0.3) is 0 Å². The lowest BCUT2D eigenvalue weighted by Crippen LogP contribution is -2.43. The molecule has 9 heteroatoms. The molecule has 2 N–H and O–H groups in total. The number of carboxylic acids is 1. The van der Waals surface area contributed by atoms with E-state index in [1.165, 1.54) is 18.2 Å². The number of likely N-dealkylation sites (tertiary alicyclic amines) is 1. The van der Waals surface area contributed by atoms with Gasteiger partial charge in [-0.05, 0) is 60.6 Å². The van der Waals surface area contributed by atoms with Crippen LogP contribution in [0.3, 0.4) is 0 Å². The van der Waals surface area contributed by atoms with Crippen LogP contribution in [0.5, 0.6) is 0 Å². The third-order valence-electron chi connectivity index (χ3n) is 6.10. The molecule has 182 valence electrons. The summed E-state index contributed by atoms with van der Waals surface area (Å²) < 4.78 is 40.7. The maximum absolute atomic E-state index is 13.9. The minimum Gasteiger partial charge on any atom is -0.481 e. The summed E-state index contributed by atoms with van der Waals surface area (Å²) in [7, 11) is 0. The number of piperidine rings is 1. The third-order valence-corrected chi connectivity index (χ3v) is 6.10. The molecule has 0 aromatic heterocycles. The SMILES string of the molecule is O=C(O)CCNC(=O)[C@H](c1ccc(F)c(F)c1)C1CCN(C(=O)CCc2cccc(F)c2)CC1. The van der Waals surface area contributed by atoms with E-state index in [4.69, 9.17) is 5.11 Å². The number of halogens is 3. The Morgan fingerprint density at radius 2 is 1.74 bits per heavy atom. The Morgan fingerprint density at radius 1 is 1.00 bits per heavy atom. The summed E-state index contributed by atoms with van der Waals surface area (Å²) >= 11 is 0. The second-order valence-corrected chi connectivity index (χ2v) is 8.43. The van der Waals surface area contributed by atoms with Crippen molar-refractivity contribution >= 4 is 17.8 Å². The Labute approximate surface area is 195 Å². The first-order valence-electron chi connectivity index (χ1n) is 11.2. The standard InChI is InChI=1S/C25H27F3N2O4/c26-19-3-1-2-16(14-19)4-7-22(31)30-12-9-17(10-13-30)24(25(34)29-11-8-23(32)33)18-5-6-20(27)21(28)15-18/h1-3,5-6,14-15,17,24H,4,7-13H2,(H,29,34)(H,32,33)/t24-/m0/s1. The Bertz CT molecular complexity index is 1040. The molecule has 2 aromatic carbocycles. The Morgan fingerprint density at radius 3 is 2.38 bits per heavy atom. The number of nitrogens with one attached hydrogen (secondary N) is 1. The average Bonchev–Trinajstić information content (AvgIpc) is 2.80. The van der Waals surface area contributed by atoms with Gasteiger partial charge in [0.2, 0.25) is 11.8 Å². The first kappa shape index (κ1) is 25.3. The predicted molar refractivity (Wildman–Crippen MR) is 118 cm³/mol. The molecule has 6 nitrogen and oxygen atoms in total. The van der Waals surface area contributed by atoms with E-state index in [1.54, 1.807) is 17.0 Å². The maximum atomic E-state index is 13.9. The molecule has 1 heterocycles. The quantitative estimate of drug-likeness (QED) is 0.579. The normalized spacial score (nSPS) is 15.1. The van der Waals surface area contributed by atoms with Crippen LogP contribution in [0.25, 0.3) is 0 Å². The Kier molecular flexibility index (Phi) is 8.67. The molecule has 1 atom stereocenters. The van der Waals surface area contributed by atoms with Crippen LogP contribution >= 0.6 is 0 Å². The number of carboxylic acid groups (broad SMARTS) is 1. The maximum Gasteiger partial charge on any atom is 0.305 e. The molecule has 0 radical (unpaired) electrons. The second kappa shape index (κ2) is 11.7. The van der Waals surface area contributed by atoms with E-state index in [2.05, 4.69) is 5.32 Å². The lowest BCUT2D eigenvalue weighted by atomic mass is 9.79. The fourth-order valence-corrected chi connectivity index (χ4v) is 4.33. The molecule has 0 aliphatic carbocycles. The predicted octanol–water partition coefficient (Wildman–Crippen LogP) is 3.65. The highest BCUT2D eigenvalue weighted by molar-refractivity contribution is 5.84. The summed E-state index contributed by atoms with van der Waals surface area (Å²) in [6.45, 7) is 0.718. The van der Waals surface area contributed by atoms with Crippen LogP contribution in [0.4, 0.5) is 13.2 Å². The van der Waals surface area contributed by atoms with Crippen molar-refractivity contribution in [2.75, 3.05) is 19.6 Å². The molecule has 0 saturated carbocycles. The Balaban J connectivity index is 1.63. The lowest BCUT2D eigenvalue weighted by molar-refractivity contribution is -0.137. The van der Waals surface area contributed by atoms with Gasteiger partial charge in [0.05, 0.1) is 12.3 Å². The van der Waals surface area contributed by atoms with E-state index in [0.717, 1.165) is 17.7 Å². The monoisotopic (exact) mass is 476 g/mol. The fourth-order valence-electron chi connectivity index (χ4n) is 4.33. The van der Waals surface area contributed by atoms with Gasteiger partial charge < -0.3 is 15.3 Å². The molecular weight excluding hydrogens is 449 g/mol. The highest BCUT2D eigenvalue weighted by Gasteiger charge is 2.34. The lowest BCUT2D eigenvalue weighted by Gasteiger charge is -2.36. The third kappa shape index (κ3) is 6.82. The van der Waals surface area contributed by atoms with Crippen LogP contribution in [0.2, 0.25) is 0 Å². The molecule has 0 bridgehead atoms. The van der Waals surface area contributed by atoms with Gasteiger partial charge >= 0.3 is 5.97 Å². The molecule has 3 rings (SSSR count). The minimum absolute atomic E-state index is 0.0713. The molecule has 0 spiro atoms. The van der Waals surface area contributed by atoms with E-state index in [-0.39, 0.29) is 37.0 Å². The van der Waals surface area contributed by atoms with Gasteiger partial charge in [-0.25, -0.2) is 13.2 Å². The summed E-state index contributed by atoms with van der Waals surface area (Å²) in [6.07, 6.45) is 1.34. The zero-order valence-corrected chi connectivity index (χ0v) is 18.6. The molecule has 1 aliphatic rings. The zero-order valence-electron chi connectivity index (χ0n) is 18.6. The van der Waals surface area contributed by atoms with Crippen molar-refractivity contribution < 1.29 is 32.7 Å². The average molecular weight is 476 g/mol. The van der Waals surface area contributed by atoms with Gasteiger partial charge in [-0.1, -0.05) is 18.2 Å². The van der Waals surface area contributed by atoms with Gasteiger partial charge in [0, 0.05) is 26.1 Å². The van der Waals surface area contributed by atoms with E-state index in [9.17, 15) is 27.6 Å². The van der Waals surface area contributed by atoms with Crippen LogP contribution in [0, 0.1) is 23.4 Å². The van der Waals surface area contributed by atoms with Crippen molar-refractivity contribution in [1.82, 2.24) is 10.2 Å². The summed E-state index contributed by atoms with van der Waals surface area (Å²) in [5.74, 6) is -5.06. The Hall–Kier alpha value is -3.36. The van der Waals surface area contributed by atoms with E-state index < -0.39 is 29.4 Å². The molecule has 1 fully saturated rings. The van der Waals surface area contributed by atoms with Crippen molar-refractivity contribution in [1.29, 1.82) is 0 Å². The smallest absolute Gasteiger partial charge is 0.305 e. The van der Waals surface area contributed by atoms with Gasteiger partial charge in [-0.2, -0.15) is 0 Å². The van der Waals surface area contributed by atoms with Crippen molar-refractivity contribution in [3.8, 4) is 0 Å².